The Morgan fingerprint density at radius 2 is 1.67 bits per heavy atom. The minimum atomic E-state index is -4.58. The molecular formula is C38H41F3N6O4. The minimum absolute atomic E-state index is 0.0611. The zero-order valence-electron chi connectivity index (χ0n) is 28.2. The Kier molecular flexibility index (Phi) is 12.1. The fourth-order valence-corrected chi connectivity index (χ4v) is 6.07. The Hall–Kier alpha value is -5.27. The van der Waals surface area contributed by atoms with E-state index in [0.717, 1.165) is 36.9 Å². The Balaban J connectivity index is 0.000000216. The third-order valence-corrected chi connectivity index (χ3v) is 8.66. The first kappa shape index (κ1) is 37.0. The van der Waals surface area contributed by atoms with Crippen LogP contribution in [-0.4, -0.2) is 77.8 Å². The number of likely N-dealkylation sites (N-methyl/N-ethyl adjacent to an activating group) is 1. The smallest absolute Gasteiger partial charge is 0.404 e. The van der Waals surface area contributed by atoms with Gasteiger partial charge in [0.1, 0.15) is 11.9 Å². The lowest BCUT2D eigenvalue weighted by Gasteiger charge is -2.47. The summed E-state index contributed by atoms with van der Waals surface area (Å²) in [5, 5.41) is 5.44. The Morgan fingerprint density at radius 1 is 1.02 bits per heavy atom. The predicted molar refractivity (Wildman–Crippen MR) is 188 cm³/mol. The third kappa shape index (κ3) is 9.71. The van der Waals surface area contributed by atoms with Crippen LogP contribution in [0, 0.1) is 0 Å². The molecule has 0 aliphatic carbocycles. The summed E-state index contributed by atoms with van der Waals surface area (Å²) in [6.45, 7) is 8.96. The molecule has 3 unspecified atom stereocenters. The monoisotopic (exact) mass is 702 g/mol. The summed E-state index contributed by atoms with van der Waals surface area (Å²) in [4.78, 5) is 45.7. The van der Waals surface area contributed by atoms with Crippen molar-refractivity contribution < 1.29 is 32.3 Å². The van der Waals surface area contributed by atoms with Gasteiger partial charge in [-0.15, -0.1) is 0 Å². The number of aliphatic imine (C=N–C) groups is 1. The lowest BCUT2D eigenvalue weighted by molar-refractivity contribution is -0.179. The summed E-state index contributed by atoms with van der Waals surface area (Å²) in [6, 6.07) is 22.0. The van der Waals surface area contributed by atoms with Crippen LogP contribution in [0.1, 0.15) is 41.3 Å². The molecule has 268 valence electrons. The summed E-state index contributed by atoms with van der Waals surface area (Å²) in [7, 11) is 0. The first-order valence-electron chi connectivity index (χ1n) is 16.7. The van der Waals surface area contributed by atoms with Crippen LogP contribution in [-0.2, 0) is 27.0 Å². The van der Waals surface area contributed by atoms with Gasteiger partial charge in [-0.3, -0.25) is 24.2 Å². The first-order chi connectivity index (χ1) is 24.4. The fourth-order valence-electron chi connectivity index (χ4n) is 6.07. The molecular weight excluding hydrogens is 661 g/mol. The van der Waals surface area contributed by atoms with Crippen LogP contribution >= 0.6 is 0 Å². The zero-order chi connectivity index (χ0) is 36.5. The van der Waals surface area contributed by atoms with Gasteiger partial charge in [0.05, 0.1) is 23.5 Å². The number of rotatable bonds is 9. The maximum absolute atomic E-state index is 13.0. The van der Waals surface area contributed by atoms with Crippen LogP contribution < -0.4 is 16.4 Å². The number of likely N-dealkylation sites (tertiary alicyclic amines) is 1. The van der Waals surface area contributed by atoms with Crippen molar-refractivity contribution in [2.75, 3.05) is 26.2 Å². The van der Waals surface area contributed by atoms with E-state index in [1.165, 1.54) is 23.6 Å². The molecule has 4 heterocycles. The van der Waals surface area contributed by atoms with Crippen LogP contribution in [0.25, 0.3) is 0 Å². The molecule has 51 heavy (non-hydrogen) atoms. The third-order valence-electron chi connectivity index (χ3n) is 8.66. The number of nitrogens with zero attached hydrogens (tertiary/aromatic N) is 3. The van der Waals surface area contributed by atoms with Crippen molar-refractivity contribution in [2.45, 2.75) is 50.7 Å². The number of fused-ring (bicyclic) bond motifs is 2. The highest BCUT2D eigenvalue weighted by molar-refractivity contribution is 6.13. The van der Waals surface area contributed by atoms with E-state index in [1.807, 2.05) is 48.5 Å². The molecule has 0 aromatic heterocycles. The number of benzene rings is 3. The molecule has 2 bridgehead atoms. The van der Waals surface area contributed by atoms with E-state index in [0.29, 0.717) is 48.0 Å². The van der Waals surface area contributed by atoms with Gasteiger partial charge in [-0.05, 0) is 42.8 Å². The number of morpholine rings is 1. The van der Waals surface area contributed by atoms with Gasteiger partial charge in [0.25, 0.3) is 11.8 Å². The second-order valence-corrected chi connectivity index (χ2v) is 12.4. The number of carbonyl (C=O) groups excluding carboxylic acids is 3. The molecule has 0 saturated carbocycles. The van der Waals surface area contributed by atoms with Gasteiger partial charge in [-0.2, -0.15) is 13.2 Å². The molecule has 3 atom stereocenters. The Labute approximate surface area is 294 Å². The van der Waals surface area contributed by atoms with Crippen molar-refractivity contribution >= 4 is 29.2 Å². The highest BCUT2D eigenvalue weighted by atomic mass is 19.4. The van der Waals surface area contributed by atoms with Crippen molar-refractivity contribution in [3.63, 3.8) is 0 Å². The zero-order valence-corrected chi connectivity index (χ0v) is 28.2. The topological polar surface area (TPSA) is 129 Å². The van der Waals surface area contributed by atoms with Crippen LogP contribution in [0.3, 0.4) is 0 Å². The van der Waals surface area contributed by atoms with Crippen LogP contribution in [0.15, 0.2) is 114 Å². The second-order valence-electron chi connectivity index (χ2n) is 12.4. The highest BCUT2D eigenvalue weighted by Crippen LogP contribution is 2.30. The number of para-hydroxylation sites is 1. The number of amidine groups is 1. The van der Waals surface area contributed by atoms with Gasteiger partial charge in [0.15, 0.2) is 0 Å². The molecule has 0 radical (unpaired) electrons. The number of halogens is 3. The van der Waals surface area contributed by atoms with E-state index in [9.17, 15) is 27.6 Å². The summed E-state index contributed by atoms with van der Waals surface area (Å²) >= 11 is 0. The number of carbonyl (C=O) groups is 3. The average Bonchev–Trinajstić information content (AvgIpc) is 3.12. The van der Waals surface area contributed by atoms with Crippen molar-refractivity contribution in [3.05, 3.63) is 126 Å². The van der Waals surface area contributed by atoms with E-state index in [-0.39, 0.29) is 24.4 Å². The molecule has 4 N–H and O–H groups in total. The van der Waals surface area contributed by atoms with E-state index >= 15 is 0 Å². The number of nitrogens with two attached hydrogens (primary N) is 1. The van der Waals surface area contributed by atoms with Crippen molar-refractivity contribution in [3.8, 4) is 0 Å². The molecule has 10 nitrogen and oxygen atoms in total. The van der Waals surface area contributed by atoms with Gasteiger partial charge in [-0.25, -0.2) is 4.99 Å². The predicted octanol–water partition coefficient (Wildman–Crippen LogP) is 4.96. The van der Waals surface area contributed by atoms with Gasteiger partial charge < -0.3 is 21.1 Å². The summed E-state index contributed by atoms with van der Waals surface area (Å²) < 4.78 is 44.4. The van der Waals surface area contributed by atoms with E-state index < -0.39 is 29.6 Å². The quantitative estimate of drug-likeness (QED) is 0.271. The lowest BCUT2D eigenvalue weighted by Crippen LogP contribution is -2.57. The molecule has 4 fully saturated rings. The lowest BCUT2D eigenvalue weighted by atomic mass is 9.97. The number of piperidine rings is 2. The van der Waals surface area contributed by atoms with Gasteiger partial charge in [0, 0.05) is 68.5 Å². The maximum atomic E-state index is 13.0. The molecule has 0 spiro atoms. The summed E-state index contributed by atoms with van der Waals surface area (Å²) in [6.07, 6.45) is -1.28. The average molecular weight is 703 g/mol. The number of nitrogens with one attached hydrogen (secondary N) is 2. The molecule has 13 heteroatoms. The van der Waals surface area contributed by atoms with Crippen molar-refractivity contribution in [2.24, 2.45) is 10.7 Å². The number of amides is 3. The minimum Gasteiger partial charge on any atom is -0.404 e. The van der Waals surface area contributed by atoms with Gasteiger partial charge in [-0.1, -0.05) is 61.2 Å². The van der Waals surface area contributed by atoms with E-state index in [1.54, 1.807) is 19.1 Å². The number of hydrogen-bond donors (Lipinski definition) is 3. The Morgan fingerprint density at radius 3 is 2.27 bits per heavy atom. The molecule has 4 saturated heterocycles. The molecule has 3 aromatic carbocycles. The SMILES string of the molecule is C=C(CN1CC2CC(C1)O2)C(=O)NCc1ccccc1.CCN1C(=O)C(NC(=O)c2cccc(C(F)(F)F)c2)C/C(=C/N)C1=Nc1ccccc1. The number of alkyl halides is 3. The molecule has 7 rings (SSSR count). The van der Waals surface area contributed by atoms with Crippen molar-refractivity contribution in [1.29, 1.82) is 0 Å². The summed E-state index contributed by atoms with van der Waals surface area (Å²) in [5.74, 6) is -0.872. The normalized spacial score (nSPS) is 21.7. The highest BCUT2D eigenvalue weighted by Gasteiger charge is 2.39. The largest absolute Gasteiger partial charge is 0.416 e. The molecule has 3 amide bonds. The first-order valence-corrected chi connectivity index (χ1v) is 16.7. The van der Waals surface area contributed by atoms with Gasteiger partial charge in [0.2, 0.25) is 5.91 Å². The Bertz CT molecular complexity index is 1760. The van der Waals surface area contributed by atoms with E-state index in [2.05, 4.69) is 27.1 Å². The van der Waals surface area contributed by atoms with Crippen LogP contribution in [0.4, 0.5) is 18.9 Å². The standard InChI is InChI=1S/C22H21F3N4O2.C16H20N2O2/c1-2-29-19(27-17-9-4-3-5-10-17)15(13-26)12-18(21(29)31)28-20(30)14-7-6-8-16(11-14)22(23,24)25;1-12(9-18-10-14-7-15(11-18)20-14)16(19)17-8-13-5-3-2-4-6-13/h3-11,13,18H,2,12,26H2,1H3,(H,28,30);2-6,14-15H,1,7-11H2,(H,17,19)/b15-13-,27-19?;. The van der Waals surface area contributed by atoms with Crippen LogP contribution in [0.5, 0.6) is 0 Å². The second kappa shape index (κ2) is 16.6. The molecule has 4 aliphatic heterocycles. The fraction of sp³-hybridized carbons (Fsp3) is 0.316. The number of hydrogen-bond acceptors (Lipinski definition) is 7. The van der Waals surface area contributed by atoms with E-state index in [4.69, 9.17) is 10.5 Å². The molecule has 4 aliphatic rings. The molecule has 3 aromatic rings. The van der Waals surface area contributed by atoms with Gasteiger partial charge >= 0.3 is 6.18 Å². The summed E-state index contributed by atoms with van der Waals surface area (Å²) in [5.41, 5.74) is 7.54. The maximum Gasteiger partial charge on any atom is 0.416 e. The van der Waals surface area contributed by atoms with Crippen molar-refractivity contribution in [1.82, 2.24) is 20.4 Å². The number of ether oxygens (including phenoxy) is 1. The van der Waals surface area contributed by atoms with Crippen LogP contribution in [0.2, 0.25) is 0 Å².